The number of aryl methyl sites for hydroxylation is 1. The summed E-state index contributed by atoms with van der Waals surface area (Å²) in [4.78, 5) is 11.8. The van der Waals surface area contributed by atoms with Crippen LogP contribution in [0.1, 0.15) is 12.0 Å². The number of ether oxygens (including phenoxy) is 1. The second-order valence-corrected chi connectivity index (χ2v) is 7.38. The fourth-order valence-corrected chi connectivity index (χ4v) is 2.74. The number of sulfonamides is 1. The molecule has 0 heterocycles. The van der Waals surface area contributed by atoms with E-state index in [0.717, 1.165) is 12.0 Å². The predicted molar refractivity (Wildman–Crippen MR) is 96.1 cm³/mol. The molecule has 2 rings (SSSR count). The Balaban J connectivity index is 1.66. The number of carbonyl (C=O) groups excluding carboxylic acids is 1. The molecular weight excluding hydrogens is 364 g/mol. The molecule has 0 spiro atoms. The summed E-state index contributed by atoms with van der Waals surface area (Å²) in [5.41, 5.74) is 0.971. The zero-order valence-electron chi connectivity index (χ0n) is 13.4. The average Bonchev–Trinajstić information content (AvgIpc) is 2.58. The first-order valence-electron chi connectivity index (χ1n) is 7.61. The van der Waals surface area contributed by atoms with E-state index >= 15 is 0 Å². The summed E-state index contributed by atoms with van der Waals surface area (Å²) in [6.45, 7) is 0.435. The van der Waals surface area contributed by atoms with Gasteiger partial charge in [0.1, 0.15) is 5.75 Å². The van der Waals surface area contributed by atoms with Crippen molar-refractivity contribution in [2.24, 2.45) is 5.14 Å². The Morgan fingerprint density at radius 3 is 2.32 bits per heavy atom. The molecule has 0 bridgehead atoms. The van der Waals surface area contributed by atoms with Crippen LogP contribution in [0.15, 0.2) is 53.4 Å². The molecule has 2 aromatic carbocycles. The molecule has 1 amide bonds. The minimum Gasteiger partial charge on any atom is -0.484 e. The Kier molecular flexibility index (Phi) is 6.81. The monoisotopic (exact) mass is 382 g/mol. The molecule has 0 fully saturated rings. The molecular formula is C17H19ClN2O4S. The number of nitrogens with two attached hydrogens (primary N) is 1. The van der Waals surface area contributed by atoms with Crippen LogP contribution in [0, 0.1) is 0 Å². The maximum absolute atomic E-state index is 11.7. The van der Waals surface area contributed by atoms with Gasteiger partial charge in [-0.1, -0.05) is 23.7 Å². The lowest BCUT2D eigenvalue weighted by molar-refractivity contribution is -0.123. The van der Waals surface area contributed by atoms with Crippen molar-refractivity contribution >= 4 is 27.5 Å². The van der Waals surface area contributed by atoms with Crippen LogP contribution in [0.25, 0.3) is 0 Å². The van der Waals surface area contributed by atoms with Crippen molar-refractivity contribution in [1.29, 1.82) is 0 Å². The summed E-state index contributed by atoms with van der Waals surface area (Å²) < 4.78 is 27.7. The number of hydrogen-bond acceptors (Lipinski definition) is 4. The first-order chi connectivity index (χ1) is 11.8. The third-order valence-corrected chi connectivity index (χ3v) is 4.58. The summed E-state index contributed by atoms with van der Waals surface area (Å²) >= 11 is 5.77. The molecule has 0 radical (unpaired) electrons. The van der Waals surface area contributed by atoms with Crippen LogP contribution in [0.5, 0.6) is 5.75 Å². The molecule has 0 aromatic heterocycles. The number of carbonyl (C=O) groups is 1. The van der Waals surface area contributed by atoms with Crippen LogP contribution in [0.3, 0.4) is 0 Å². The minimum atomic E-state index is -3.67. The molecule has 8 heteroatoms. The maximum atomic E-state index is 11.7. The number of nitrogens with one attached hydrogen (secondary N) is 1. The molecule has 134 valence electrons. The summed E-state index contributed by atoms with van der Waals surface area (Å²) in [6.07, 6.45) is 1.44. The van der Waals surface area contributed by atoms with Crippen molar-refractivity contribution < 1.29 is 17.9 Å². The normalized spacial score (nSPS) is 11.1. The van der Waals surface area contributed by atoms with Gasteiger partial charge in [0.15, 0.2) is 6.61 Å². The topological polar surface area (TPSA) is 98.5 Å². The number of rotatable bonds is 8. The highest BCUT2D eigenvalue weighted by atomic mass is 35.5. The highest BCUT2D eigenvalue weighted by molar-refractivity contribution is 7.89. The van der Waals surface area contributed by atoms with Crippen molar-refractivity contribution in [2.45, 2.75) is 17.7 Å². The second-order valence-electron chi connectivity index (χ2n) is 5.39. The van der Waals surface area contributed by atoms with E-state index in [2.05, 4.69) is 5.32 Å². The molecule has 0 aliphatic carbocycles. The fraction of sp³-hybridized carbons (Fsp3) is 0.235. The van der Waals surface area contributed by atoms with E-state index in [9.17, 15) is 13.2 Å². The first kappa shape index (κ1) is 19.2. The third-order valence-electron chi connectivity index (χ3n) is 3.40. The van der Waals surface area contributed by atoms with Crippen molar-refractivity contribution in [2.75, 3.05) is 13.2 Å². The summed E-state index contributed by atoms with van der Waals surface area (Å²) in [5, 5.41) is 8.42. The zero-order valence-corrected chi connectivity index (χ0v) is 15.0. The molecule has 0 unspecified atom stereocenters. The highest BCUT2D eigenvalue weighted by Crippen LogP contribution is 2.15. The van der Waals surface area contributed by atoms with Gasteiger partial charge in [-0.05, 0) is 54.8 Å². The third kappa shape index (κ3) is 6.74. The summed E-state index contributed by atoms with van der Waals surface area (Å²) in [5.74, 6) is 0.369. The van der Waals surface area contributed by atoms with Gasteiger partial charge in [-0.25, -0.2) is 13.6 Å². The molecule has 0 atom stereocenters. The second kappa shape index (κ2) is 8.84. The van der Waals surface area contributed by atoms with Crippen molar-refractivity contribution in [1.82, 2.24) is 5.32 Å². The molecule has 0 saturated heterocycles. The van der Waals surface area contributed by atoms with E-state index in [0.29, 0.717) is 23.7 Å². The van der Waals surface area contributed by atoms with Crippen LogP contribution in [0.4, 0.5) is 0 Å². The molecule has 0 saturated carbocycles. The van der Waals surface area contributed by atoms with E-state index in [1.165, 1.54) is 12.1 Å². The first-order valence-corrected chi connectivity index (χ1v) is 9.54. The van der Waals surface area contributed by atoms with E-state index < -0.39 is 10.0 Å². The van der Waals surface area contributed by atoms with Gasteiger partial charge in [-0.15, -0.1) is 0 Å². The van der Waals surface area contributed by atoms with Crippen molar-refractivity contribution in [3.8, 4) is 5.75 Å². The zero-order chi connectivity index (χ0) is 18.3. The number of hydrogen-bond donors (Lipinski definition) is 2. The summed E-state index contributed by atoms with van der Waals surface area (Å²) in [6, 6.07) is 13.1. The summed E-state index contributed by atoms with van der Waals surface area (Å²) in [7, 11) is -3.67. The number of primary sulfonamides is 1. The van der Waals surface area contributed by atoms with Gasteiger partial charge in [0.25, 0.3) is 5.91 Å². The van der Waals surface area contributed by atoms with Gasteiger partial charge in [0.05, 0.1) is 4.90 Å². The van der Waals surface area contributed by atoms with Gasteiger partial charge >= 0.3 is 0 Å². The highest BCUT2D eigenvalue weighted by Gasteiger charge is 2.07. The molecule has 0 aliphatic rings. The van der Waals surface area contributed by atoms with Gasteiger partial charge in [0, 0.05) is 11.6 Å². The van der Waals surface area contributed by atoms with Crippen LogP contribution in [-0.4, -0.2) is 27.5 Å². The lowest BCUT2D eigenvalue weighted by Gasteiger charge is -2.08. The SMILES string of the molecule is NS(=O)(=O)c1ccc(CCCNC(=O)COc2ccc(Cl)cc2)cc1. The standard InChI is InChI=1S/C17H19ClN2O4S/c18-14-5-7-15(8-6-14)24-12-17(21)20-11-1-2-13-3-9-16(10-4-13)25(19,22)23/h3-10H,1-2,11-12H2,(H,20,21)(H2,19,22,23). The van der Waals surface area contributed by atoms with Crippen molar-refractivity contribution in [3.05, 3.63) is 59.1 Å². The van der Waals surface area contributed by atoms with E-state index in [4.69, 9.17) is 21.5 Å². The Bertz CT molecular complexity index is 806. The Morgan fingerprint density at radius 2 is 1.72 bits per heavy atom. The number of amides is 1. The van der Waals surface area contributed by atoms with Gasteiger partial charge in [-0.3, -0.25) is 4.79 Å². The number of benzene rings is 2. The van der Waals surface area contributed by atoms with E-state index in [-0.39, 0.29) is 17.4 Å². The predicted octanol–water partition coefficient (Wildman–Crippen LogP) is 2.12. The van der Waals surface area contributed by atoms with Crippen molar-refractivity contribution in [3.63, 3.8) is 0 Å². The fourth-order valence-electron chi connectivity index (χ4n) is 2.10. The van der Waals surface area contributed by atoms with Gasteiger partial charge in [-0.2, -0.15) is 0 Å². The van der Waals surface area contributed by atoms with Gasteiger partial charge in [0.2, 0.25) is 10.0 Å². The quantitative estimate of drug-likeness (QED) is 0.683. The molecule has 2 aromatic rings. The minimum absolute atomic E-state index is 0.0648. The Labute approximate surface area is 152 Å². The average molecular weight is 383 g/mol. The van der Waals surface area contributed by atoms with Crippen LogP contribution in [-0.2, 0) is 21.2 Å². The smallest absolute Gasteiger partial charge is 0.257 e. The largest absolute Gasteiger partial charge is 0.484 e. The van der Waals surface area contributed by atoms with Crippen LogP contribution >= 0.6 is 11.6 Å². The van der Waals surface area contributed by atoms with Crippen LogP contribution < -0.4 is 15.2 Å². The van der Waals surface area contributed by atoms with Crippen LogP contribution in [0.2, 0.25) is 5.02 Å². The maximum Gasteiger partial charge on any atom is 0.257 e. The van der Waals surface area contributed by atoms with Gasteiger partial charge < -0.3 is 10.1 Å². The van der Waals surface area contributed by atoms with E-state index in [1.54, 1.807) is 36.4 Å². The molecule has 3 N–H and O–H groups in total. The Hall–Kier alpha value is -2.09. The lowest BCUT2D eigenvalue weighted by Crippen LogP contribution is -2.29. The number of halogens is 1. The molecule has 6 nitrogen and oxygen atoms in total. The molecule has 25 heavy (non-hydrogen) atoms. The van der Waals surface area contributed by atoms with E-state index in [1.807, 2.05) is 0 Å². The Morgan fingerprint density at radius 1 is 1.08 bits per heavy atom. The molecule has 0 aliphatic heterocycles. The lowest BCUT2D eigenvalue weighted by atomic mass is 10.1.